The number of unbranched alkanes of at least 4 members (excludes halogenated alkanes) is 8. The van der Waals surface area contributed by atoms with E-state index in [2.05, 4.69) is 11.1 Å². The maximum absolute atomic E-state index is 8.12. The zero-order chi connectivity index (χ0) is 11.2. The van der Waals surface area contributed by atoms with E-state index in [0.29, 0.717) is 0 Å². The molecule has 0 N–H and O–H groups in total. The lowest BCUT2D eigenvalue weighted by molar-refractivity contribution is 0.567. The van der Waals surface area contributed by atoms with Crippen molar-refractivity contribution in [2.45, 2.75) is 64.7 Å². The Morgan fingerprint density at radius 1 is 0.933 bits per heavy atom. The Labute approximate surface area is 98.6 Å². The quantitative estimate of drug-likeness (QED) is 0.293. The third-order valence-electron chi connectivity index (χ3n) is 2.43. The Balaban J connectivity index is 2.84. The van der Waals surface area contributed by atoms with E-state index < -0.39 is 0 Å². The highest BCUT2D eigenvalue weighted by molar-refractivity contribution is 7.94. The first-order chi connectivity index (χ1) is 7.41. The zero-order valence-corrected chi connectivity index (χ0v) is 10.7. The summed E-state index contributed by atoms with van der Waals surface area (Å²) in [6, 6.07) is 0. The van der Waals surface area contributed by atoms with Gasteiger partial charge in [-0.15, -0.1) is 5.26 Å². The highest BCUT2D eigenvalue weighted by Crippen LogP contribution is 2.11. The van der Waals surface area contributed by atoms with E-state index in [9.17, 15) is 0 Å². The molecule has 0 spiro atoms. The van der Waals surface area contributed by atoms with Gasteiger partial charge in [-0.1, -0.05) is 58.3 Å². The third kappa shape index (κ3) is 13.6. The first-order valence-electron chi connectivity index (χ1n) is 6.09. The lowest BCUT2D eigenvalue weighted by Crippen LogP contribution is -1.83. The average Bonchev–Trinajstić information content (AvgIpc) is 2.26. The molecule has 88 valence electrons. The molecular weight excluding hydrogens is 206 g/mol. The SMILES string of the molecule is CCCCCCCCCCCSOC#N. The average molecular weight is 229 g/mol. The van der Waals surface area contributed by atoms with Crippen molar-refractivity contribution >= 4 is 12.0 Å². The summed E-state index contributed by atoms with van der Waals surface area (Å²) in [5.41, 5.74) is 0. The minimum atomic E-state index is 0.948. The van der Waals surface area contributed by atoms with Crippen LogP contribution >= 0.6 is 12.0 Å². The molecule has 0 amide bonds. The lowest BCUT2D eigenvalue weighted by Gasteiger charge is -2.00. The number of nitrogens with zero attached hydrogens (tertiary/aromatic N) is 1. The summed E-state index contributed by atoms with van der Waals surface area (Å²) in [5.74, 6) is 0.948. The van der Waals surface area contributed by atoms with Gasteiger partial charge in [-0.05, 0) is 6.42 Å². The van der Waals surface area contributed by atoms with Crippen LogP contribution in [0.4, 0.5) is 0 Å². The van der Waals surface area contributed by atoms with Gasteiger partial charge in [0.1, 0.15) is 0 Å². The molecule has 0 fully saturated rings. The molecule has 0 aromatic rings. The second-order valence-corrected chi connectivity index (χ2v) is 4.64. The second kappa shape index (κ2) is 13.6. The van der Waals surface area contributed by atoms with E-state index in [0.717, 1.165) is 5.75 Å². The topological polar surface area (TPSA) is 33.0 Å². The molecule has 0 rings (SSSR count). The number of hydrogen-bond donors (Lipinski definition) is 0. The molecule has 2 nitrogen and oxygen atoms in total. The first-order valence-corrected chi connectivity index (χ1v) is 7.00. The molecule has 0 aliphatic carbocycles. The van der Waals surface area contributed by atoms with Gasteiger partial charge in [0.15, 0.2) is 0 Å². The molecule has 0 heterocycles. The summed E-state index contributed by atoms with van der Waals surface area (Å²) in [4.78, 5) is 0. The smallest absolute Gasteiger partial charge is 0.299 e. The molecule has 0 saturated heterocycles. The van der Waals surface area contributed by atoms with E-state index in [-0.39, 0.29) is 0 Å². The normalized spacial score (nSPS) is 9.87. The second-order valence-electron chi connectivity index (χ2n) is 3.83. The maximum atomic E-state index is 8.12. The minimum absolute atomic E-state index is 0.948. The molecule has 15 heavy (non-hydrogen) atoms. The van der Waals surface area contributed by atoms with Crippen molar-refractivity contribution in [3.63, 3.8) is 0 Å². The fraction of sp³-hybridized carbons (Fsp3) is 0.917. The lowest BCUT2D eigenvalue weighted by atomic mass is 10.1. The Morgan fingerprint density at radius 3 is 2.00 bits per heavy atom. The van der Waals surface area contributed by atoms with Gasteiger partial charge in [0, 0.05) is 5.75 Å². The van der Waals surface area contributed by atoms with Crippen molar-refractivity contribution in [2.24, 2.45) is 0 Å². The van der Waals surface area contributed by atoms with Gasteiger partial charge in [0.05, 0.1) is 12.0 Å². The number of hydrogen-bond acceptors (Lipinski definition) is 3. The molecule has 0 bridgehead atoms. The summed E-state index contributed by atoms with van der Waals surface area (Å²) >= 11 is 1.27. The monoisotopic (exact) mass is 229 g/mol. The van der Waals surface area contributed by atoms with Gasteiger partial charge in [0.25, 0.3) is 6.26 Å². The zero-order valence-electron chi connectivity index (χ0n) is 9.83. The van der Waals surface area contributed by atoms with Crippen LogP contribution in [0.25, 0.3) is 0 Å². The molecule has 0 atom stereocenters. The number of nitriles is 1. The van der Waals surface area contributed by atoms with Gasteiger partial charge in [-0.2, -0.15) is 0 Å². The minimum Gasteiger partial charge on any atom is -0.352 e. The maximum Gasteiger partial charge on any atom is 0.299 e. The van der Waals surface area contributed by atoms with Crippen LogP contribution in [0.3, 0.4) is 0 Å². The third-order valence-corrected chi connectivity index (χ3v) is 3.08. The van der Waals surface area contributed by atoms with Gasteiger partial charge in [-0.25, -0.2) is 0 Å². The molecule has 0 aromatic heterocycles. The Kier molecular flexibility index (Phi) is 13.3. The van der Waals surface area contributed by atoms with E-state index >= 15 is 0 Å². The van der Waals surface area contributed by atoms with E-state index in [4.69, 9.17) is 5.26 Å². The highest BCUT2D eigenvalue weighted by Gasteiger charge is 1.93. The molecule has 0 radical (unpaired) electrons. The molecule has 0 aliphatic rings. The summed E-state index contributed by atoms with van der Waals surface area (Å²) in [6.45, 7) is 2.25. The van der Waals surface area contributed by atoms with Crippen LogP contribution in [0, 0.1) is 11.5 Å². The van der Waals surface area contributed by atoms with Crippen molar-refractivity contribution in [2.75, 3.05) is 5.75 Å². The van der Waals surface area contributed by atoms with Crippen LogP contribution in [0.5, 0.6) is 0 Å². The predicted octanol–water partition coefficient (Wildman–Crippen LogP) is 4.66. The van der Waals surface area contributed by atoms with E-state index in [1.165, 1.54) is 69.8 Å². The Hall–Kier alpha value is -0.360. The summed E-state index contributed by atoms with van der Waals surface area (Å²) < 4.78 is 4.53. The van der Waals surface area contributed by atoms with Crippen LogP contribution in [0.15, 0.2) is 0 Å². The van der Waals surface area contributed by atoms with Gasteiger partial charge < -0.3 is 4.18 Å². The molecule has 0 aromatic carbocycles. The Bertz CT molecular complexity index is 156. The van der Waals surface area contributed by atoms with Gasteiger partial charge in [-0.3, -0.25) is 0 Å². The van der Waals surface area contributed by atoms with Crippen LogP contribution in [-0.4, -0.2) is 5.75 Å². The standard InChI is InChI=1S/C12H23NOS/c1-2-3-4-5-6-7-8-9-10-11-15-14-12-13/h2-11H2,1H3. The fourth-order valence-electron chi connectivity index (χ4n) is 1.54. The van der Waals surface area contributed by atoms with Crippen molar-refractivity contribution in [1.82, 2.24) is 0 Å². The van der Waals surface area contributed by atoms with E-state index in [1.807, 2.05) is 0 Å². The molecular formula is C12H23NOS. The number of rotatable bonds is 11. The largest absolute Gasteiger partial charge is 0.352 e. The van der Waals surface area contributed by atoms with Crippen molar-refractivity contribution < 1.29 is 4.18 Å². The van der Waals surface area contributed by atoms with Crippen LogP contribution < -0.4 is 0 Å². The fourth-order valence-corrected chi connectivity index (χ4v) is 2.00. The highest BCUT2D eigenvalue weighted by atomic mass is 32.2. The van der Waals surface area contributed by atoms with Crippen LogP contribution in [0.2, 0.25) is 0 Å². The molecule has 0 aliphatic heterocycles. The Morgan fingerprint density at radius 2 is 1.47 bits per heavy atom. The van der Waals surface area contributed by atoms with Crippen LogP contribution in [-0.2, 0) is 4.18 Å². The summed E-state index contributed by atoms with van der Waals surface area (Å²) in [5, 5.41) is 8.12. The first kappa shape index (κ1) is 14.6. The summed E-state index contributed by atoms with van der Waals surface area (Å²) in [7, 11) is 0. The van der Waals surface area contributed by atoms with Gasteiger partial charge in [0.2, 0.25) is 0 Å². The van der Waals surface area contributed by atoms with Crippen molar-refractivity contribution in [3.05, 3.63) is 0 Å². The summed E-state index contributed by atoms with van der Waals surface area (Å²) in [6.07, 6.45) is 13.7. The van der Waals surface area contributed by atoms with Gasteiger partial charge >= 0.3 is 0 Å². The van der Waals surface area contributed by atoms with Crippen LogP contribution in [0.1, 0.15) is 64.7 Å². The van der Waals surface area contributed by atoms with Crippen molar-refractivity contribution in [1.29, 1.82) is 5.26 Å². The van der Waals surface area contributed by atoms with Crippen molar-refractivity contribution in [3.8, 4) is 6.26 Å². The molecule has 3 heteroatoms. The van der Waals surface area contributed by atoms with E-state index in [1.54, 1.807) is 6.26 Å². The predicted molar refractivity (Wildman–Crippen MR) is 66.4 cm³/mol. The molecule has 0 unspecified atom stereocenters. The molecule has 0 saturated carbocycles.